The van der Waals surface area contributed by atoms with Crippen molar-refractivity contribution >= 4 is 34.9 Å². The minimum Gasteiger partial charge on any atom is -0.508 e. The van der Waals surface area contributed by atoms with Crippen molar-refractivity contribution in [2.24, 2.45) is 4.99 Å². The first-order chi connectivity index (χ1) is 16.6. The lowest BCUT2D eigenvalue weighted by Gasteiger charge is -2.30. The molecule has 0 saturated heterocycles. The number of phenolic OH excluding ortho intramolecular Hbond substituents is 1. The number of allylic oxidation sites excluding steroid dienone is 1. The van der Waals surface area contributed by atoms with E-state index in [0.717, 1.165) is 29.7 Å². The van der Waals surface area contributed by atoms with Crippen molar-refractivity contribution in [3.05, 3.63) is 120 Å². The first-order valence-electron chi connectivity index (χ1n) is 11.2. The number of aromatic nitrogens is 1. The summed E-state index contributed by atoms with van der Waals surface area (Å²) in [4.78, 5) is 20.7. The Kier molecular flexibility index (Phi) is 5.27. The van der Waals surface area contributed by atoms with E-state index >= 15 is 0 Å². The Labute approximate surface area is 205 Å². The number of thioether (sulfide) groups is 1. The summed E-state index contributed by atoms with van der Waals surface area (Å²) in [6.45, 7) is 0. The summed E-state index contributed by atoms with van der Waals surface area (Å²) in [6.07, 6.45) is 5.73. The van der Waals surface area contributed by atoms with Crippen molar-refractivity contribution < 1.29 is 5.11 Å². The number of aryl methyl sites for hydroxylation is 1. The summed E-state index contributed by atoms with van der Waals surface area (Å²) in [5.74, 6) is 0.181. The molecule has 1 aliphatic carbocycles. The van der Waals surface area contributed by atoms with Gasteiger partial charge in [0.25, 0.3) is 5.56 Å². The van der Waals surface area contributed by atoms with Crippen LogP contribution in [0.25, 0.3) is 11.8 Å². The van der Waals surface area contributed by atoms with E-state index in [9.17, 15) is 9.90 Å². The molecule has 4 aromatic rings. The van der Waals surface area contributed by atoms with Crippen molar-refractivity contribution in [1.82, 2.24) is 4.57 Å². The Morgan fingerprint density at radius 1 is 1.06 bits per heavy atom. The fourth-order valence-electron chi connectivity index (χ4n) is 4.87. The summed E-state index contributed by atoms with van der Waals surface area (Å²) in [5.41, 5.74) is 6.53. The van der Waals surface area contributed by atoms with Gasteiger partial charge in [0.05, 0.1) is 16.3 Å². The van der Waals surface area contributed by atoms with E-state index in [2.05, 4.69) is 54.8 Å². The van der Waals surface area contributed by atoms with Gasteiger partial charge in [-0.3, -0.25) is 9.36 Å². The molecule has 0 fully saturated rings. The van der Waals surface area contributed by atoms with Crippen LogP contribution in [0, 0.1) is 0 Å². The highest BCUT2D eigenvalue weighted by Gasteiger charge is 2.32. The van der Waals surface area contributed by atoms with E-state index in [-0.39, 0.29) is 17.4 Å². The Bertz CT molecular complexity index is 1630. The molecule has 0 unspecified atom stereocenters. The molecule has 0 amide bonds. The number of benzene rings is 3. The van der Waals surface area contributed by atoms with Gasteiger partial charge in [0.1, 0.15) is 5.75 Å². The quantitative estimate of drug-likeness (QED) is 0.429. The summed E-state index contributed by atoms with van der Waals surface area (Å²) >= 11 is 3.12. The lowest BCUT2D eigenvalue weighted by atomic mass is 9.83. The summed E-state index contributed by atoms with van der Waals surface area (Å²) < 4.78 is 2.48. The molecule has 0 spiro atoms. The second kappa shape index (κ2) is 8.46. The summed E-state index contributed by atoms with van der Waals surface area (Å²) in [5, 5.41) is 9.86. The second-order valence-electron chi connectivity index (χ2n) is 8.48. The van der Waals surface area contributed by atoms with E-state index in [4.69, 9.17) is 4.99 Å². The zero-order chi connectivity index (χ0) is 23.2. The SMILES string of the molecule is CSc1ccc([C@@H]2C3=C(N=c4s/c(=C\c5cccc(O)c5)c(=O)n42)c2ccccc2CC3)cc1. The number of rotatable bonds is 3. The normalized spacial score (nSPS) is 17.1. The van der Waals surface area contributed by atoms with Gasteiger partial charge in [-0.15, -0.1) is 11.8 Å². The molecule has 1 aliphatic heterocycles. The Balaban J connectivity index is 1.61. The first kappa shape index (κ1) is 21.2. The number of aromatic hydroxyl groups is 1. The number of hydrogen-bond donors (Lipinski definition) is 1. The molecule has 1 aromatic heterocycles. The molecule has 6 rings (SSSR count). The van der Waals surface area contributed by atoms with Crippen molar-refractivity contribution in [2.45, 2.75) is 23.8 Å². The van der Waals surface area contributed by atoms with E-state index in [1.54, 1.807) is 30.0 Å². The van der Waals surface area contributed by atoms with Crippen molar-refractivity contribution in [2.75, 3.05) is 6.26 Å². The monoisotopic (exact) mass is 482 g/mol. The summed E-state index contributed by atoms with van der Waals surface area (Å²) in [7, 11) is 0. The highest BCUT2D eigenvalue weighted by molar-refractivity contribution is 7.98. The van der Waals surface area contributed by atoms with Crippen LogP contribution in [0.5, 0.6) is 5.75 Å². The molecule has 3 aromatic carbocycles. The van der Waals surface area contributed by atoms with Gasteiger partial charge in [0, 0.05) is 10.5 Å². The van der Waals surface area contributed by atoms with Gasteiger partial charge in [0.15, 0.2) is 4.80 Å². The smallest absolute Gasteiger partial charge is 0.271 e. The van der Waals surface area contributed by atoms with Crippen molar-refractivity contribution in [3.8, 4) is 5.75 Å². The number of thiazole rings is 1. The van der Waals surface area contributed by atoms with Crippen molar-refractivity contribution in [3.63, 3.8) is 0 Å². The topological polar surface area (TPSA) is 54.6 Å². The van der Waals surface area contributed by atoms with Gasteiger partial charge in [-0.05, 0) is 71.7 Å². The predicted octanol–water partition coefficient (Wildman–Crippen LogP) is 4.75. The van der Waals surface area contributed by atoms with Crippen LogP contribution >= 0.6 is 23.1 Å². The maximum atomic E-state index is 13.7. The van der Waals surface area contributed by atoms with Crippen LogP contribution in [-0.4, -0.2) is 15.9 Å². The van der Waals surface area contributed by atoms with Crippen LogP contribution in [0.4, 0.5) is 0 Å². The molecule has 1 atom stereocenters. The standard InChI is InChI=1S/C28H22N2O2S2/c1-33-21-12-9-19(10-13-21)26-23-14-11-18-6-2-3-8-22(18)25(23)29-28-30(26)27(32)24(34-28)16-17-5-4-7-20(31)15-17/h2-10,12-13,15-16,26,31H,11,14H2,1H3/b24-16-/t26-/m1/s1. The number of phenols is 1. The molecule has 2 aliphatic rings. The number of nitrogens with zero attached hydrogens (tertiary/aromatic N) is 2. The molecule has 0 bridgehead atoms. The van der Waals surface area contributed by atoms with Gasteiger partial charge >= 0.3 is 0 Å². The lowest BCUT2D eigenvalue weighted by molar-refractivity contribution is 0.475. The molecule has 0 saturated carbocycles. The fourth-order valence-corrected chi connectivity index (χ4v) is 6.28. The zero-order valence-electron chi connectivity index (χ0n) is 18.6. The molecule has 168 valence electrons. The van der Waals surface area contributed by atoms with Crippen LogP contribution < -0.4 is 14.9 Å². The van der Waals surface area contributed by atoms with Gasteiger partial charge in [0.2, 0.25) is 0 Å². The number of hydrogen-bond acceptors (Lipinski definition) is 5. The van der Waals surface area contributed by atoms with Crippen LogP contribution in [0.2, 0.25) is 0 Å². The molecule has 2 heterocycles. The van der Waals surface area contributed by atoms with E-state index < -0.39 is 0 Å². The maximum Gasteiger partial charge on any atom is 0.271 e. The Morgan fingerprint density at radius 2 is 1.88 bits per heavy atom. The third-order valence-electron chi connectivity index (χ3n) is 6.47. The lowest BCUT2D eigenvalue weighted by Crippen LogP contribution is -2.38. The first-order valence-corrected chi connectivity index (χ1v) is 13.2. The van der Waals surface area contributed by atoms with E-state index in [1.165, 1.54) is 32.9 Å². The van der Waals surface area contributed by atoms with Crippen LogP contribution in [-0.2, 0) is 6.42 Å². The maximum absolute atomic E-state index is 13.7. The average Bonchev–Trinajstić information content (AvgIpc) is 3.17. The molecule has 34 heavy (non-hydrogen) atoms. The third-order valence-corrected chi connectivity index (χ3v) is 8.20. The van der Waals surface area contributed by atoms with Gasteiger partial charge < -0.3 is 5.11 Å². The molecule has 6 heteroatoms. The van der Waals surface area contributed by atoms with E-state index in [1.807, 2.05) is 16.7 Å². The predicted molar refractivity (Wildman–Crippen MR) is 139 cm³/mol. The molecular formula is C28H22N2O2S2. The molecule has 1 N–H and O–H groups in total. The van der Waals surface area contributed by atoms with Crippen LogP contribution in [0.1, 0.15) is 34.7 Å². The minimum absolute atomic E-state index is 0.0450. The van der Waals surface area contributed by atoms with Crippen molar-refractivity contribution in [1.29, 1.82) is 0 Å². The second-order valence-corrected chi connectivity index (χ2v) is 10.4. The molecule has 0 radical (unpaired) electrons. The third kappa shape index (κ3) is 3.54. The van der Waals surface area contributed by atoms with Gasteiger partial charge in [-0.1, -0.05) is 59.9 Å². The highest BCUT2D eigenvalue weighted by Crippen LogP contribution is 2.41. The summed E-state index contributed by atoms with van der Waals surface area (Å²) in [6, 6.07) is 23.8. The van der Waals surface area contributed by atoms with Crippen LogP contribution in [0.3, 0.4) is 0 Å². The fraction of sp³-hybridized carbons (Fsp3) is 0.143. The van der Waals surface area contributed by atoms with Crippen LogP contribution in [0.15, 0.2) is 93.1 Å². The van der Waals surface area contributed by atoms with Gasteiger partial charge in [-0.25, -0.2) is 4.99 Å². The molecule has 4 nitrogen and oxygen atoms in total. The minimum atomic E-state index is -0.179. The van der Waals surface area contributed by atoms with E-state index in [0.29, 0.717) is 9.33 Å². The highest BCUT2D eigenvalue weighted by atomic mass is 32.2. The average molecular weight is 483 g/mol. The number of fused-ring (bicyclic) bond motifs is 3. The molecular weight excluding hydrogens is 460 g/mol. The largest absolute Gasteiger partial charge is 0.508 e. The van der Waals surface area contributed by atoms with Gasteiger partial charge in [-0.2, -0.15) is 0 Å². The Morgan fingerprint density at radius 3 is 2.68 bits per heavy atom. The zero-order valence-corrected chi connectivity index (χ0v) is 20.2. The Hall–Kier alpha value is -3.35.